The fourth-order valence-corrected chi connectivity index (χ4v) is 6.45. The van der Waals surface area contributed by atoms with Crippen LogP contribution in [0.15, 0.2) is 102 Å². The van der Waals surface area contributed by atoms with Crippen LogP contribution in [-0.2, 0) is 0 Å². The molecule has 0 bridgehead atoms. The van der Waals surface area contributed by atoms with Crippen molar-refractivity contribution in [3.05, 3.63) is 87.8 Å². The molecule has 0 fully saturated rings. The van der Waals surface area contributed by atoms with Gasteiger partial charge in [0.05, 0.1) is 0 Å². The normalized spacial score (nSPS) is 11.3. The molecule has 0 saturated heterocycles. The Morgan fingerprint density at radius 1 is 0.591 bits per heavy atom. The fourth-order valence-electron chi connectivity index (χ4n) is 2.34. The molecule has 0 aromatic heterocycles. The average Bonchev–Trinajstić information content (AvgIpc) is 2.55. The van der Waals surface area contributed by atoms with E-state index in [0.717, 1.165) is 23.6 Å². The summed E-state index contributed by atoms with van der Waals surface area (Å²) in [4.78, 5) is 2.74. The second-order valence-electron chi connectivity index (χ2n) is 4.81. The molecule has 3 rings (SSSR count). The van der Waals surface area contributed by atoms with Gasteiger partial charge in [0.25, 0.3) is 0 Å². The monoisotopic (exact) mass is 433 g/mol. The Hall–Kier alpha value is -1.32. The second-order valence-corrected chi connectivity index (χ2v) is 9.22. The molecule has 22 heavy (non-hydrogen) atoms. The van der Waals surface area contributed by atoms with Crippen LogP contribution < -0.4 is 0 Å². The summed E-state index contributed by atoms with van der Waals surface area (Å²) in [6.45, 7) is 0. The Bertz CT molecular complexity index is 830. The van der Waals surface area contributed by atoms with Crippen LogP contribution in [0.2, 0.25) is 0 Å². The zero-order valence-corrected chi connectivity index (χ0v) is 15.6. The van der Waals surface area contributed by atoms with Crippen LogP contribution in [0.3, 0.4) is 0 Å². The van der Waals surface area contributed by atoms with Crippen LogP contribution in [0.5, 0.6) is 0 Å². The van der Waals surface area contributed by atoms with Gasteiger partial charge in [0.15, 0.2) is 0 Å². The minimum Gasteiger partial charge on any atom is -0.216 e. The van der Waals surface area contributed by atoms with Gasteiger partial charge in [0.2, 0.25) is 0 Å². The molecule has 0 atom stereocenters. The maximum absolute atomic E-state index is 11.7. The van der Waals surface area contributed by atoms with Gasteiger partial charge in [-0.15, -0.1) is 0 Å². The summed E-state index contributed by atoms with van der Waals surface area (Å²) < 4.78 is 13.6. The maximum Gasteiger partial charge on any atom is 0.0331 e. The Balaban J connectivity index is 2.32. The topological polar surface area (TPSA) is 23.8 Å². The van der Waals surface area contributed by atoms with Crippen molar-refractivity contribution in [3.63, 3.8) is 0 Å². The van der Waals surface area contributed by atoms with Gasteiger partial charge in [-0.25, -0.2) is 4.61 Å². The largest absolute Gasteiger partial charge is 0.216 e. The van der Waals surface area contributed by atoms with Crippen LogP contribution in [-0.4, -0.2) is 0 Å². The van der Waals surface area contributed by atoms with Crippen LogP contribution in [0, 0.1) is 4.61 Å². The van der Waals surface area contributed by atoms with E-state index in [1.165, 1.54) is 0 Å². The van der Waals surface area contributed by atoms with Gasteiger partial charge in [-0.05, 0) is 42.5 Å². The molecule has 3 aromatic carbocycles. The molecule has 110 valence electrons. The Labute approximate surface area is 148 Å². The zero-order chi connectivity index (χ0) is 15.6. The van der Waals surface area contributed by atoms with Crippen molar-refractivity contribution in [2.24, 2.45) is 0 Å². The molecular weight excluding hydrogens is 422 g/mol. The highest BCUT2D eigenvalue weighted by atomic mass is 79.9. The first-order valence-corrected chi connectivity index (χ1v) is 9.90. The highest BCUT2D eigenvalue weighted by molar-refractivity contribution is 9.11. The van der Waals surface area contributed by atoms with Crippen molar-refractivity contribution >= 4 is 41.5 Å². The lowest BCUT2D eigenvalue weighted by Gasteiger charge is -2.21. The van der Waals surface area contributed by atoms with Crippen LogP contribution in [0.4, 0.5) is 0 Å². The van der Waals surface area contributed by atoms with E-state index in [9.17, 15) is 4.61 Å². The summed E-state index contributed by atoms with van der Waals surface area (Å²) >= 11 is 7.05. The standard InChI is InChI=1S/C18H13Br2NS/c19-14-11-15(20)13-18(12-14)22(21,16-7-3-1-4-8-16)17-9-5-2-6-10-17/h1-13H. The second kappa shape index (κ2) is 6.43. The number of hydrogen-bond donors (Lipinski definition) is 0. The molecule has 0 saturated carbocycles. The quantitative estimate of drug-likeness (QED) is 0.374. The maximum atomic E-state index is 11.7. The third kappa shape index (κ3) is 2.92. The van der Waals surface area contributed by atoms with E-state index < -0.39 is 9.66 Å². The van der Waals surface area contributed by atoms with Crippen molar-refractivity contribution < 1.29 is 0 Å². The van der Waals surface area contributed by atoms with Crippen molar-refractivity contribution in [2.45, 2.75) is 14.7 Å². The molecule has 0 radical (unpaired) electrons. The highest BCUT2D eigenvalue weighted by Gasteiger charge is 2.23. The molecule has 0 unspecified atom stereocenters. The van der Waals surface area contributed by atoms with Gasteiger partial charge < -0.3 is 0 Å². The van der Waals surface area contributed by atoms with Gasteiger partial charge in [-0.2, -0.15) is 0 Å². The summed E-state index contributed by atoms with van der Waals surface area (Å²) in [5.41, 5.74) is 0. The number of rotatable bonds is 0. The van der Waals surface area contributed by atoms with Crippen molar-refractivity contribution in [3.8, 4) is 0 Å². The van der Waals surface area contributed by atoms with Crippen LogP contribution in [0.25, 0.3) is 0 Å². The van der Waals surface area contributed by atoms with E-state index in [0.29, 0.717) is 0 Å². The predicted octanol–water partition coefficient (Wildman–Crippen LogP) is 6.97. The molecular formula is C18H13Br2NS. The summed E-state index contributed by atoms with van der Waals surface area (Å²) in [6.07, 6.45) is 0. The molecule has 0 spiro atoms. The molecule has 3 aromatic rings. The third-order valence-electron chi connectivity index (χ3n) is 3.35. The van der Waals surface area contributed by atoms with Gasteiger partial charge in [-0.3, -0.25) is 0 Å². The van der Waals surface area contributed by atoms with Crippen LogP contribution in [0.1, 0.15) is 0 Å². The van der Waals surface area contributed by atoms with Gasteiger partial charge in [0.1, 0.15) is 0 Å². The SMILES string of the molecule is N#S(c1ccccc1)(c1ccccc1)c1cc(Br)cc(Br)c1. The summed E-state index contributed by atoms with van der Waals surface area (Å²) in [7, 11) is -2.28. The molecule has 0 N–H and O–H groups in total. The van der Waals surface area contributed by atoms with E-state index in [2.05, 4.69) is 31.9 Å². The first-order valence-electron chi connectivity index (χ1n) is 6.73. The lowest BCUT2D eigenvalue weighted by molar-refractivity contribution is 1.28. The predicted molar refractivity (Wildman–Crippen MR) is 98.8 cm³/mol. The first-order chi connectivity index (χ1) is 10.6. The Morgan fingerprint density at radius 3 is 1.41 bits per heavy atom. The Morgan fingerprint density at radius 2 is 1.00 bits per heavy atom. The first kappa shape index (κ1) is 15.6. The van der Waals surface area contributed by atoms with E-state index in [4.69, 9.17) is 0 Å². The van der Waals surface area contributed by atoms with Gasteiger partial charge in [-0.1, -0.05) is 68.3 Å². The minimum absolute atomic E-state index is 0.895. The van der Waals surface area contributed by atoms with Gasteiger partial charge >= 0.3 is 0 Å². The fraction of sp³-hybridized carbons (Fsp3) is 0. The number of benzene rings is 3. The van der Waals surface area contributed by atoms with Gasteiger partial charge in [0, 0.05) is 33.3 Å². The lowest BCUT2D eigenvalue weighted by atomic mass is 10.4. The number of nitrogens with zero attached hydrogens (tertiary/aromatic N) is 1. The van der Waals surface area contributed by atoms with E-state index in [-0.39, 0.29) is 0 Å². The minimum atomic E-state index is -2.28. The summed E-state index contributed by atoms with van der Waals surface area (Å²) in [5, 5.41) is 0. The van der Waals surface area contributed by atoms with Crippen molar-refractivity contribution in [1.82, 2.24) is 0 Å². The zero-order valence-electron chi connectivity index (χ0n) is 11.6. The molecule has 0 aliphatic carbocycles. The van der Waals surface area contributed by atoms with E-state index in [1.54, 1.807) is 0 Å². The average molecular weight is 435 g/mol. The summed E-state index contributed by atoms with van der Waals surface area (Å²) in [5.74, 6) is 0. The third-order valence-corrected chi connectivity index (χ3v) is 7.09. The smallest absolute Gasteiger partial charge is 0.0331 e. The van der Waals surface area contributed by atoms with E-state index in [1.807, 2.05) is 78.9 Å². The van der Waals surface area contributed by atoms with Crippen molar-refractivity contribution in [1.29, 1.82) is 4.61 Å². The molecule has 0 heterocycles. The molecule has 0 aliphatic heterocycles. The van der Waals surface area contributed by atoms with E-state index >= 15 is 0 Å². The molecule has 0 aliphatic rings. The molecule has 0 amide bonds. The lowest BCUT2D eigenvalue weighted by Crippen LogP contribution is -1.92. The Kier molecular flexibility index (Phi) is 4.55. The summed E-state index contributed by atoms with van der Waals surface area (Å²) in [6, 6.07) is 25.7. The van der Waals surface area contributed by atoms with Crippen molar-refractivity contribution in [2.75, 3.05) is 0 Å². The van der Waals surface area contributed by atoms with Crippen LogP contribution >= 0.6 is 41.5 Å². The molecule has 1 nitrogen and oxygen atoms in total. The number of halogens is 2. The molecule has 4 heteroatoms. The highest BCUT2D eigenvalue weighted by Crippen LogP contribution is 2.56. The number of hydrogen-bond acceptors (Lipinski definition) is 1.